The van der Waals surface area contributed by atoms with Crippen LogP contribution in [-0.2, 0) is 11.3 Å². The van der Waals surface area contributed by atoms with Crippen LogP contribution >= 0.6 is 12.4 Å². The lowest BCUT2D eigenvalue weighted by Gasteiger charge is -2.20. The number of benzene rings is 1. The van der Waals surface area contributed by atoms with E-state index in [1.165, 1.54) is 0 Å². The van der Waals surface area contributed by atoms with Gasteiger partial charge in [-0.15, -0.1) is 12.4 Å². The first-order valence-corrected chi connectivity index (χ1v) is 5.71. The molecule has 0 fully saturated rings. The highest BCUT2D eigenvalue weighted by Crippen LogP contribution is 2.25. The van der Waals surface area contributed by atoms with E-state index in [-0.39, 0.29) is 18.3 Å². The summed E-state index contributed by atoms with van der Waals surface area (Å²) in [6.07, 6.45) is 0. The number of amides is 1. The highest BCUT2D eigenvalue weighted by Gasteiger charge is 2.15. The fourth-order valence-corrected chi connectivity index (χ4v) is 1.66. The Bertz CT molecular complexity index is 424. The molecule has 0 aliphatic heterocycles. The third-order valence-electron chi connectivity index (χ3n) is 2.67. The average Bonchev–Trinajstić information content (AvgIpc) is 2.37. The Morgan fingerprint density at radius 3 is 2.47 bits per heavy atom. The molecule has 2 N–H and O–H groups in total. The van der Waals surface area contributed by atoms with Crippen LogP contribution in [0.2, 0.25) is 0 Å². The molecule has 0 heterocycles. The summed E-state index contributed by atoms with van der Waals surface area (Å²) >= 11 is 0. The molecule has 0 aliphatic carbocycles. The van der Waals surface area contributed by atoms with E-state index < -0.39 is 6.04 Å². The highest BCUT2D eigenvalue weighted by atomic mass is 35.5. The predicted octanol–water partition coefficient (Wildman–Crippen LogP) is 1.43. The molecular weight excluding hydrogens is 268 g/mol. The van der Waals surface area contributed by atoms with Gasteiger partial charge in [-0.1, -0.05) is 0 Å². The van der Waals surface area contributed by atoms with Crippen LogP contribution in [0.1, 0.15) is 12.5 Å². The van der Waals surface area contributed by atoms with E-state index in [2.05, 4.69) is 0 Å². The smallest absolute Gasteiger partial charge is 0.239 e. The molecule has 0 aromatic heterocycles. The Balaban J connectivity index is 0.00000324. The van der Waals surface area contributed by atoms with Crippen molar-refractivity contribution in [2.75, 3.05) is 21.3 Å². The molecule has 1 amide bonds. The highest BCUT2D eigenvalue weighted by molar-refractivity contribution is 5.85. The maximum atomic E-state index is 11.7. The second kappa shape index (κ2) is 7.86. The second-order valence-electron chi connectivity index (χ2n) is 4.16. The number of carbonyl (C=O) groups is 1. The molecule has 0 saturated carbocycles. The molecule has 0 radical (unpaired) electrons. The first-order chi connectivity index (χ1) is 8.49. The minimum atomic E-state index is -0.501. The number of ether oxygens (including phenoxy) is 2. The van der Waals surface area contributed by atoms with Gasteiger partial charge in [-0.2, -0.15) is 0 Å². The molecule has 5 nitrogen and oxygen atoms in total. The van der Waals surface area contributed by atoms with Crippen LogP contribution < -0.4 is 15.2 Å². The van der Waals surface area contributed by atoms with Crippen molar-refractivity contribution >= 4 is 18.3 Å². The lowest BCUT2D eigenvalue weighted by Crippen LogP contribution is -2.39. The molecule has 1 aromatic rings. The van der Waals surface area contributed by atoms with Gasteiger partial charge in [0, 0.05) is 25.2 Å². The normalized spacial score (nSPS) is 11.2. The quantitative estimate of drug-likeness (QED) is 0.890. The topological polar surface area (TPSA) is 64.8 Å². The zero-order valence-corrected chi connectivity index (χ0v) is 12.5. The lowest BCUT2D eigenvalue weighted by molar-refractivity contribution is -0.131. The Morgan fingerprint density at radius 2 is 2.00 bits per heavy atom. The van der Waals surface area contributed by atoms with Gasteiger partial charge in [-0.25, -0.2) is 0 Å². The van der Waals surface area contributed by atoms with Crippen molar-refractivity contribution in [1.82, 2.24) is 4.90 Å². The molecule has 0 unspecified atom stereocenters. The van der Waals surface area contributed by atoms with Gasteiger partial charge in [0.2, 0.25) is 5.91 Å². The number of hydrogen-bond acceptors (Lipinski definition) is 4. The van der Waals surface area contributed by atoms with Crippen molar-refractivity contribution in [3.8, 4) is 11.5 Å². The van der Waals surface area contributed by atoms with E-state index in [0.29, 0.717) is 12.3 Å². The largest absolute Gasteiger partial charge is 0.497 e. The summed E-state index contributed by atoms with van der Waals surface area (Å²) in [6, 6.07) is 5.00. The lowest BCUT2D eigenvalue weighted by atomic mass is 10.1. The maximum Gasteiger partial charge on any atom is 0.239 e. The molecular formula is C13H21ClN2O3. The molecule has 0 bridgehead atoms. The summed E-state index contributed by atoms with van der Waals surface area (Å²) in [6.45, 7) is 2.12. The monoisotopic (exact) mass is 288 g/mol. The molecule has 0 saturated heterocycles. The minimum absolute atomic E-state index is 0. The van der Waals surface area contributed by atoms with E-state index in [9.17, 15) is 4.79 Å². The van der Waals surface area contributed by atoms with Crippen molar-refractivity contribution in [2.24, 2.45) is 5.73 Å². The van der Waals surface area contributed by atoms with Crippen LogP contribution in [0.5, 0.6) is 11.5 Å². The number of likely N-dealkylation sites (N-methyl/N-ethyl adjacent to an activating group) is 1. The van der Waals surface area contributed by atoms with Gasteiger partial charge in [0.25, 0.3) is 0 Å². The molecule has 1 aromatic carbocycles. The van der Waals surface area contributed by atoms with E-state index in [1.807, 2.05) is 12.1 Å². The van der Waals surface area contributed by atoms with E-state index in [4.69, 9.17) is 15.2 Å². The van der Waals surface area contributed by atoms with Gasteiger partial charge in [0.05, 0.1) is 20.3 Å². The number of nitrogens with zero attached hydrogens (tertiary/aromatic N) is 1. The predicted molar refractivity (Wildman–Crippen MR) is 76.9 cm³/mol. The number of methoxy groups -OCH3 is 2. The maximum absolute atomic E-state index is 11.7. The van der Waals surface area contributed by atoms with E-state index in [0.717, 1.165) is 11.3 Å². The molecule has 6 heteroatoms. The van der Waals surface area contributed by atoms with Crippen molar-refractivity contribution in [1.29, 1.82) is 0 Å². The van der Waals surface area contributed by atoms with Crippen molar-refractivity contribution < 1.29 is 14.3 Å². The second-order valence-corrected chi connectivity index (χ2v) is 4.16. The van der Waals surface area contributed by atoms with E-state index >= 15 is 0 Å². The van der Waals surface area contributed by atoms with Gasteiger partial charge in [-0.3, -0.25) is 4.79 Å². The number of rotatable bonds is 5. The van der Waals surface area contributed by atoms with Gasteiger partial charge in [0.1, 0.15) is 11.5 Å². The van der Waals surface area contributed by atoms with Crippen LogP contribution in [0.4, 0.5) is 0 Å². The molecule has 19 heavy (non-hydrogen) atoms. The summed E-state index contributed by atoms with van der Waals surface area (Å²) in [5.74, 6) is 1.31. The van der Waals surface area contributed by atoms with Gasteiger partial charge >= 0.3 is 0 Å². The third-order valence-corrected chi connectivity index (χ3v) is 2.67. The van der Waals surface area contributed by atoms with Crippen molar-refractivity contribution in [3.05, 3.63) is 23.8 Å². The SMILES string of the molecule is COc1ccc(CN(C)C(=O)[C@@H](C)N)c(OC)c1.Cl. The van der Waals surface area contributed by atoms with Crippen LogP contribution in [0.15, 0.2) is 18.2 Å². The molecule has 1 rings (SSSR count). The van der Waals surface area contributed by atoms with Crippen molar-refractivity contribution in [2.45, 2.75) is 19.5 Å². The standard InChI is InChI=1S/C13H20N2O3.ClH/c1-9(14)13(16)15(2)8-10-5-6-11(17-3)7-12(10)18-4;/h5-7,9H,8,14H2,1-4H3;1H/t9-;/m1./s1. The zero-order valence-electron chi connectivity index (χ0n) is 11.7. The number of nitrogens with two attached hydrogens (primary N) is 1. The molecule has 0 spiro atoms. The van der Waals surface area contributed by atoms with Crippen LogP contribution in [0, 0.1) is 0 Å². The molecule has 108 valence electrons. The molecule has 1 atom stereocenters. The first kappa shape index (κ1) is 17.5. The summed E-state index contributed by atoms with van der Waals surface area (Å²) in [5.41, 5.74) is 6.48. The zero-order chi connectivity index (χ0) is 13.7. The number of hydrogen-bond donors (Lipinski definition) is 1. The first-order valence-electron chi connectivity index (χ1n) is 5.71. The Morgan fingerprint density at radius 1 is 1.37 bits per heavy atom. The third kappa shape index (κ3) is 4.61. The Hall–Kier alpha value is -1.46. The van der Waals surface area contributed by atoms with Gasteiger partial charge in [-0.05, 0) is 19.1 Å². The summed E-state index contributed by atoms with van der Waals surface area (Å²) in [4.78, 5) is 13.3. The Labute approximate surface area is 120 Å². The van der Waals surface area contributed by atoms with Crippen molar-refractivity contribution in [3.63, 3.8) is 0 Å². The van der Waals surface area contributed by atoms with Gasteiger partial charge in [0.15, 0.2) is 0 Å². The van der Waals surface area contributed by atoms with Crippen LogP contribution in [0.3, 0.4) is 0 Å². The Kier molecular flexibility index (Phi) is 7.26. The summed E-state index contributed by atoms with van der Waals surface area (Å²) in [5, 5.41) is 0. The average molecular weight is 289 g/mol. The fraction of sp³-hybridized carbons (Fsp3) is 0.462. The summed E-state index contributed by atoms with van der Waals surface area (Å²) < 4.78 is 10.4. The van der Waals surface area contributed by atoms with Crippen LogP contribution in [-0.4, -0.2) is 38.1 Å². The van der Waals surface area contributed by atoms with Crippen LogP contribution in [0.25, 0.3) is 0 Å². The molecule has 0 aliphatic rings. The fourth-order valence-electron chi connectivity index (χ4n) is 1.66. The van der Waals surface area contributed by atoms with E-state index in [1.54, 1.807) is 39.2 Å². The van der Waals surface area contributed by atoms with Gasteiger partial charge < -0.3 is 20.1 Å². The number of halogens is 1. The minimum Gasteiger partial charge on any atom is -0.497 e. The summed E-state index contributed by atoms with van der Waals surface area (Å²) in [7, 11) is 4.90. The number of carbonyl (C=O) groups excluding carboxylic acids is 1.